The number of amides is 2. The Labute approximate surface area is 172 Å². The number of benzene rings is 2. The van der Waals surface area contributed by atoms with Gasteiger partial charge in [-0.1, -0.05) is 23.9 Å². The first kappa shape index (κ1) is 19.2. The van der Waals surface area contributed by atoms with Gasteiger partial charge in [-0.15, -0.1) is 0 Å². The van der Waals surface area contributed by atoms with Gasteiger partial charge < -0.3 is 10.1 Å². The standard InChI is InChI=1S/C21H20N4O3S/c1-3-28-15-10-8-14(9-11-15)23-18(26)12-29-21-24-17-7-5-4-6-16(17)19-22-13(2)20(27)25(19)21/h4-11,13H,3,12H2,1-2H3,(H,23,26)/t13-/m0/s1. The van der Waals surface area contributed by atoms with Crippen LogP contribution in [-0.4, -0.2) is 46.1 Å². The van der Waals surface area contributed by atoms with E-state index in [-0.39, 0.29) is 17.6 Å². The van der Waals surface area contributed by atoms with Crippen molar-refractivity contribution in [1.82, 2.24) is 4.90 Å². The average molecular weight is 408 g/mol. The van der Waals surface area contributed by atoms with Crippen molar-refractivity contribution in [3.63, 3.8) is 0 Å². The molecule has 2 heterocycles. The molecule has 0 unspecified atom stereocenters. The van der Waals surface area contributed by atoms with E-state index in [1.165, 1.54) is 16.7 Å². The van der Waals surface area contributed by atoms with E-state index in [2.05, 4.69) is 15.3 Å². The van der Waals surface area contributed by atoms with Crippen LogP contribution in [0.15, 0.2) is 58.5 Å². The fraction of sp³-hybridized carbons (Fsp3) is 0.238. The lowest BCUT2D eigenvalue weighted by Gasteiger charge is -2.25. The highest BCUT2D eigenvalue weighted by atomic mass is 32.2. The van der Waals surface area contributed by atoms with Crippen molar-refractivity contribution in [2.75, 3.05) is 17.7 Å². The van der Waals surface area contributed by atoms with Crippen LogP contribution in [0.4, 0.5) is 11.4 Å². The molecule has 7 nitrogen and oxygen atoms in total. The first-order chi connectivity index (χ1) is 14.1. The predicted molar refractivity (Wildman–Crippen MR) is 115 cm³/mol. The Bertz CT molecular complexity index is 1020. The number of nitrogens with zero attached hydrogens (tertiary/aromatic N) is 3. The summed E-state index contributed by atoms with van der Waals surface area (Å²) in [5, 5.41) is 3.32. The number of rotatable bonds is 5. The number of amidine groups is 2. The zero-order valence-electron chi connectivity index (χ0n) is 16.1. The molecule has 0 spiro atoms. The maximum Gasteiger partial charge on any atom is 0.258 e. The number of thioether (sulfide) groups is 1. The summed E-state index contributed by atoms with van der Waals surface area (Å²) >= 11 is 1.22. The van der Waals surface area contributed by atoms with Crippen LogP contribution in [0, 0.1) is 0 Å². The number of para-hydroxylation sites is 1. The van der Waals surface area contributed by atoms with Gasteiger partial charge in [0.15, 0.2) is 5.17 Å². The second-order valence-corrected chi connectivity index (χ2v) is 7.45. The molecule has 4 rings (SSSR count). The van der Waals surface area contributed by atoms with E-state index in [9.17, 15) is 9.59 Å². The summed E-state index contributed by atoms with van der Waals surface area (Å²) in [6, 6.07) is 14.3. The molecule has 0 radical (unpaired) electrons. The zero-order valence-corrected chi connectivity index (χ0v) is 16.9. The third kappa shape index (κ3) is 3.88. The van der Waals surface area contributed by atoms with Gasteiger partial charge in [-0.2, -0.15) is 0 Å². The molecule has 2 aliphatic rings. The molecule has 1 atom stereocenters. The summed E-state index contributed by atoms with van der Waals surface area (Å²) in [6.07, 6.45) is 0. The summed E-state index contributed by atoms with van der Waals surface area (Å²) in [6.45, 7) is 4.27. The molecule has 2 aromatic carbocycles. The van der Waals surface area contributed by atoms with Gasteiger partial charge in [-0.05, 0) is 50.2 Å². The third-order valence-electron chi connectivity index (χ3n) is 4.44. The number of carbonyl (C=O) groups excluding carboxylic acids is 2. The number of anilines is 1. The SMILES string of the molecule is CCOc1ccc(NC(=O)CSC2=Nc3ccccc3C3=N[C@@H](C)C(=O)N23)cc1. The number of fused-ring (bicyclic) bond motifs is 3. The molecular formula is C21H20N4O3S. The van der Waals surface area contributed by atoms with Crippen molar-refractivity contribution >= 4 is 46.0 Å². The number of nitrogens with one attached hydrogen (secondary N) is 1. The molecule has 0 aliphatic carbocycles. The lowest BCUT2D eigenvalue weighted by atomic mass is 10.1. The van der Waals surface area contributed by atoms with Crippen LogP contribution in [0.3, 0.4) is 0 Å². The molecule has 0 aromatic heterocycles. The Morgan fingerprint density at radius 1 is 1.21 bits per heavy atom. The normalized spacial score (nSPS) is 17.2. The second-order valence-electron chi connectivity index (χ2n) is 6.51. The fourth-order valence-electron chi connectivity index (χ4n) is 3.10. The van der Waals surface area contributed by atoms with Crippen molar-refractivity contribution < 1.29 is 14.3 Å². The summed E-state index contributed by atoms with van der Waals surface area (Å²) < 4.78 is 5.40. The zero-order chi connectivity index (χ0) is 20.4. The molecule has 2 aliphatic heterocycles. The van der Waals surface area contributed by atoms with E-state index >= 15 is 0 Å². The Morgan fingerprint density at radius 3 is 2.72 bits per heavy atom. The Kier molecular flexibility index (Phi) is 5.35. The topological polar surface area (TPSA) is 83.4 Å². The van der Waals surface area contributed by atoms with Crippen LogP contribution in [0.2, 0.25) is 0 Å². The third-order valence-corrected chi connectivity index (χ3v) is 5.38. The number of hydrogen-bond acceptors (Lipinski definition) is 6. The minimum Gasteiger partial charge on any atom is -0.494 e. The van der Waals surface area contributed by atoms with Crippen LogP contribution in [0.25, 0.3) is 0 Å². The number of carbonyl (C=O) groups is 2. The molecule has 0 saturated carbocycles. The Balaban J connectivity index is 1.46. The van der Waals surface area contributed by atoms with E-state index < -0.39 is 6.04 Å². The molecule has 29 heavy (non-hydrogen) atoms. The average Bonchev–Trinajstić information content (AvgIpc) is 3.03. The monoisotopic (exact) mass is 408 g/mol. The maximum atomic E-state index is 12.6. The van der Waals surface area contributed by atoms with Gasteiger partial charge in [0, 0.05) is 11.3 Å². The number of aliphatic imine (C=N–C) groups is 2. The molecule has 2 aromatic rings. The smallest absolute Gasteiger partial charge is 0.258 e. The number of ether oxygens (including phenoxy) is 1. The largest absolute Gasteiger partial charge is 0.494 e. The van der Waals surface area contributed by atoms with Crippen LogP contribution < -0.4 is 10.1 Å². The van der Waals surface area contributed by atoms with Crippen molar-refractivity contribution in [3.8, 4) is 5.75 Å². The number of hydrogen-bond donors (Lipinski definition) is 1. The Hall–Kier alpha value is -3.13. The molecule has 8 heteroatoms. The highest BCUT2D eigenvalue weighted by molar-refractivity contribution is 8.14. The maximum absolute atomic E-state index is 12.6. The van der Waals surface area contributed by atoms with Gasteiger partial charge in [-0.3, -0.25) is 14.6 Å². The highest BCUT2D eigenvalue weighted by Gasteiger charge is 2.39. The first-order valence-electron chi connectivity index (χ1n) is 9.32. The van der Waals surface area contributed by atoms with Crippen LogP contribution >= 0.6 is 11.8 Å². The fourth-order valence-corrected chi connectivity index (χ4v) is 3.90. The molecular weight excluding hydrogens is 388 g/mol. The molecule has 148 valence electrons. The summed E-state index contributed by atoms with van der Waals surface area (Å²) in [4.78, 5) is 35.6. The molecule has 2 amide bonds. The quantitative estimate of drug-likeness (QED) is 0.822. The lowest BCUT2D eigenvalue weighted by Crippen LogP contribution is -2.41. The predicted octanol–water partition coefficient (Wildman–Crippen LogP) is 3.44. The van der Waals surface area contributed by atoms with Gasteiger partial charge >= 0.3 is 0 Å². The summed E-state index contributed by atoms with van der Waals surface area (Å²) in [5.41, 5.74) is 2.26. The van der Waals surface area contributed by atoms with Crippen molar-refractivity contribution in [2.45, 2.75) is 19.9 Å². The second kappa shape index (κ2) is 8.08. The summed E-state index contributed by atoms with van der Waals surface area (Å²) in [7, 11) is 0. The van der Waals surface area contributed by atoms with Gasteiger partial charge in [0.25, 0.3) is 5.91 Å². The van der Waals surface area contributed by atoms with Crippen molar-refractivity contribution in [3.05, 3.63) is 54.1 Å². The van der Waals surface area contributed by atoms with Crippen molar-refractivity contribution in [2.24, 2.45) is 9.98 Å². The van der Waals surface area contributed by atoms with E-state index in [1.807, 2.05) is 31.2 Å². The van der Waals surface area contributed by atoms with Gasteiger partial charge in [0.05, 0.1) is 18.0 Å². The molecule has 1 N–H and O–H groups in total. The van der Waals surface area contributed by atoms with Crippen LogP contribution in [-0.2, 0) is 9.59 Å². The van der Waals surface area contributed by atoms with E-state index in [1.54, 1.807) is 31.2 Å². The van der Waals surface area contributed by atoms with Crippen LogP contribution in [0.1, 0.15) is 19.4 Å². The van der Waals surface area contributed by atoms with E-state index in [4.69, 9.17) is 4.74 Å². The summed E-state index contributed by atoms with van der Waals surface area (Å²) in [5.74, 6) is 1.16. The van der Waals surface area contributed by atoms with Gasteiger partial charge in [-0.25, -0.2) is 9.89 Å². The van der Waals surface area contributed by atoms with Crippen LogP contribution in [0.5, 0.6) is 5.75 Å². The highest BCUT2D eigenvalue weighted by Crippen LogP contribution is 2.33. The minimum absolute atomic E-state index is 0.125. The van der Waals surface area contributed by atoms with E-state index in [0.29, 0.717) is 23.3 Å². The molecule has 0 saturated heterocycles. The van der Waals surface area contributed by atoms with E-state index in [0.717, 1.165) is 17.0 Å². The first-order valence-corrected chi connectivity index (χ1v) is 10.3. The Morgan fingerprint density at radius 2 is 1.97 bits per heavy atom. The molecule has 0 bridgehead atoms. The van der Waals surface area contributed by atoms with Gasteiger partial charge in [0.1, 0.15) is 17.6 Å². The molecule has 0 fully saturated rings. The minimum atomic E-state index is -0.459. The lowest BCUT2D eigenvalue weighted by molar-refractivity contribution is -0.124. The van der Waals surface area contributed by atoms with Crippen molar-refractivity contribution in [1.29, 1.82) is 0 Å². The van der Waals surface area contributed by atoms with Gasteiger partial charge in [0.2, 0.25) is 5.91 Å².